The number of hydrogen-bond donors (Lipinski definition) is 1. The van der Waals surface area contributed by atoms with Gasteiger partial charge in [0.25, 0.3) is 10.1 Å². The zero-order valence-corrected chi connectivity index (χ0v) is 24.1. The molecule has 0 saturated heterocycles. The lowest BCUT2D eigenvalue weighted by atomic mass is 9.80. The van der Waals surface area contributed by atoms with Gasteiger partial charge in [0.2, 0.25) is 0 Å². The number of unbranched alkanes of at least 4 members (excludes halogenated alkanes) is 13. The van der Waals surface area contributed by atoms with Crippen molar-refractivity contribution < 1.29 is 13.0 Å². The van der Waals surface area contributed by atoms with Crippen molar-refractivity contribution in [3.63, 3.8) is 0 Å². The molecule has 2 unspecified atom stereocenters. The van der Waals surface area contributed by atoms with Crippen LogP contribution in [0, 0.1) is 5.92 Å². The van der Waals surface area contributed by atoms with Gasteiger partial charge in [0.15, 0.2) is 0 Å². The third-order valence-corrected chi connectivity index (χ3v) is 9.37. The van der Waals surface area contributed by atoms with Gasteiger partial charge in [-0.2, -0.15) is 8.42 Å². The highest BCUT2D eigenvalue weighted by Crippen LogP contribution is 2.43. The summed E-state index contributed by atoms with van der Waals surface area (Å²) in [5.41, 5.74) is 0.772. The molecule has 0 amide bonds. The molecule has 0 aliphatic carbocycles. The van der Waals surface area contributed by atoms with Gasteiger partial charge in [-0.15, -0.1) is 0 Å². The smallest absolute Gasteiger partial charge is 0.274 e. The lowest BCUT2D eigenvalue weighted by Crippen LogP contribution is -2.38. The van der Waals surface area contributed by atoms with E-state index in [9.17, 15) is 13.0 Å². The van der Waals surface area contributed by atoms with E-state index < -0.39 is 14.9 Å². The van der Waals surface area contributed by atoms with Crippen molar-refractivity contribution in [2.45, 2.75) is 154 Å². The molecule has 3 nitrogen and oxygen atoms in total. The topological polar surface area (TPSA) is 54.4 Å². The van der Waals surface area contributed by atoms with E-state index in [0.29, 0.717) is 18.8 Å². The Bertz CT molecular complexity index is 716. The van der Waals surface area contributed by atoms with Crippen LogP contribution >= 0.6 is 0 Å². The van der Waals surface area contributed by atoms with Crippen LogP contribution in [0.5, 0.6) is 0 Å². The fourth-order valence-electron chi connectivity index (χ4n) is 5.55. The highest BCUT2D eigenvalue weighted by atomic mass is 32.2. The first kappa shape index (κ1) is 32.2. The fraction of sp³-hybridized carbons (Fsp3) is 0.806. The quantitative estimate of drug-likeness (QED) is 0.118. The molecule has 0 radical (unpaired) electrons. The summed E-state index contributed by atoms with van der Waals surface area (Å²) >= 11 is 0. The highest BCUT2D eigenvalue weighted by Gasteiger charge is 2.45. The summed E-state index contributed by atoms with van der Waals surface area (Å²) in [4.78, 5) is 0. The molecule has 2 atom stereocenters. The van der Waals surface area contributed by atoms with Crippen LogP contribution in [0.15, 0.2) is 30.3 Å². The van der Waals surface area contributed by atoms with Crippen molar-refractivity contribution in [1.82, 2.24) is 0 Å². The molecule has 0 saturated carbocycles. The molecule has 1 rings (SSSR count). The van der Waals surface area contributed by atoms with Gasteiger partial charge >= 0.3 is 0 Å². The van der Waals surface area contributed by atoms with E-state index in [4.69, 9.17) is 0 Å². The maximum Gasteiger partial charge on any atom is 0.274 e. The third kappa shape index (κ3) is 12.8. The second kappa shape index (κ2) is 19.3. The van der Waals surface area contributed by atoms with E-state index >= 15 is 0 Å². The molecule has 4 heteroatoms. The van der Waals surface area contributed by atoms with E-state index in [1.807, 2.05) is 30.3 Å². The Labute approximate surface area is 218 Å². The Kier molecular flexibility index (Phi) is 17.7. The standard InChI is InChI=1S/C31H56O3S/c1-4-7-10-12-13-14-15-16-17-22-27-31(35(32,33)34,30-25-20-18-21-26-30)28-29(23-9-6-3)24-19-11-8-5-2/h18,20-21,25-26,29H,4-17,19,22-24,27-28H2,1-3H3,(H,32,33,34). The number of hydrogen-bond acceptors (Lipinski definition) is 2. The molecule has 35 heavy (non-hydrogen) atoms. The second-order valence-electron chi connectivity index (χ2n) is 10.8. The Morgan fingerprint density at radius 2 is 1.11 bits per heavy atom. The molecule has 1 aromatic carbocycles. The molecule has 0 bridgehead atoms. The zero-order chi connectivity index (χ0) is 25.8. The molecule has 0 fully saturated rings. The Hall–Kier alpha value is -0.870. The van der Waals surface area contributed by atoms with E-state index in [-0.39, 0.29) is 0 Å². The van der Waals surface area contributed by atoms with Crippen molar-refractivity contribution >= 4 is 10.1 Å². The van der Waals surface area contributed by atoms with Gasteiger partial charge in [-0.05, 0) is 24.3 Å². The lowest BCUT2D eigenvalue weighted by Gasteiger charge is -2.35. The van der Waals surface area contributed by atoms with Gasteiger partial charge in [0, 0.05) is 0 Å². The minimum absolute atomic E-state index is 0.331. The minimum Gasteiger partial charge on any atom is -0.285 e. The van der Waals surface area contributed by atoms with Crippen molar-refractivity contribution in [1.29, 1.82) is 0 Å². The molecule has 0 spiro atoms. The van der Waals surface area contributed by atoms with Crippen LogP contribution in [0.4, 0.5) is 0 Å². The predicted molar refractivity (Wildman–Crippen MR) is 153 cm³/mol. The summed E-state index contributed by atoms with van der Waals surface area (Å²) in [7, 11) is -4.25. The minimum atomic E-state index is -4.25. The molecule has 0 aliphatic heterocycles. The Morgan fingerprint density at radius 3 is 1.63 bits per heavy atom. The maximum absolute atomic E-state index is 13.1. The first-order chi connectivity index (χ1) is 16.9. The van der Waals surface area contributed by atoms with Crippen LogP contribution in [-0.4, -0.2) is 13.0 Å². The average Bonchev–Trinajstić information content (AvgIpc) is 2.85. The third-order valence-electron chi connectivity index (χ3n) is 7.78. The number of benzene rings is 1. The summed E-state index contributed by atoms with van der Waals surface area (Å²) in [6.45, 7) is 6.67. The fourth-order valence-corrected chi connectivity index (χ4v) is 6.84. The SMILES string of the molecule is CCCCCCCCCCCCC(CC(CCCC)CCCCCC)(c1ccccc1)S(=O)(=O)O. The van der Waals surface area contributed by atoms with Gasteiger partial charge in [0.05, 0.1) is 0 Å². The second-order valence-corrected chi connectivity index (χ2v) is 12.6. The van der Waals surface area contributed by atoms with Gasteiger partial charge in [-0.1, -0.05) is 167 Å². The Balaban J connectivity index is 2.87. The molecule has 204 valence electrons. The van der Waals surface area contributed by atoms with Crippen molar-refractivity contribution in [2.24, 2.45) is 5.92 Å². The highest BCUT2D eigenvalue weighted by molar-refractivity contribution is 7.86. The molecule has 1 N–H and O–H groups in total. The first-order valence-corrected chi connectivity index (χ1v) is 16.4. The van der Waals surface area contributed by atoms with Crippen molar-refractivity contribution in [3.8, 4) is 0 Å². The van der Waals surface area contributed by atoms with Crippen molar-refractivity contribution in [3.05, 3.63) is 35.9 Å². The van der Waals surface area contributed by atoms with Crippen LogP contribution in [-0.2, 0) is 14.9 Å². The van der Waals surface area contributed by atoms with Gasteiger partial charge < -0.3 is 0 Å². The average molecular weight is 509 g/mol. The van der Waals surface area contributed by atoms with Crippen molar-refractivity contribution in [2.75, 3.05) is 0 Å². The molecular weight excluding hydrogens is 452 g/mol. The van der Waals surface area contributed by atoms with Crippen LogP contribution in [0.2, 0.25) is 0 Å². The maximum atomic E-state index is 13.1. The summed E-state index contributed by atoms with van der Waals surface area (Å²) < 4.78 is 35.7. The van der Waals surface area contributed by atoms with E-state index in [1.165, 1.54) is 64.2 Å². The molecular formula is C31H56O3S. The molecule has 0 aliphatic rings. The zero-order valence-electron chi connectivity index (χ0n) is 23.3. The van der Waals surface area contributed by atoms with Gasteiger partial charge in [0.1, 0.15) is 4.75 Å². The largest absolute Gasteiger partial charge is 0.285 e. The van der Waals surface area contributed by atoms with E-state index in [0.717, 1.165) is 56.9 Å². The molecule has 0 heterocycles. The summed E-state index contributed by atoms with van der Waals surface area (Å²) in [6.07, 6.45) is 22.4. The predicted octanol–water partition coefficient (Wildman–Crippen LogP) is 10.2. The summed E-state index contributed by atoms with van der Waals surface area (Å²) in [5.74, 6) is 0.331. The van der Waals surface area contributed by atoms with Crippen LogP contribution in [0.3, 0.4) is 0 Å². The first-order valence-electron chi connectivity index (χ1n) is 14.9. The van der Waals surface area contributed by atoms with Crippen LogP contribution in [0.25, 0.3) is 0 Å². The summed E-state index contributed by atoms with van der Waals surface area (Å²) in [5, 5.41) is 0. The van der Waals surface area contributed by atoms with Crippen LogP contribution in [0.1, 0.15) is 155 Å². The summed E-state index contributed by atoms with van der Waals surface area (Å²) in [6, 6.07) is 9.58. The van der Waals surface area contributed by atoms with E-state index in [1.54, 1.807) is 0 Å². The van der Waals surface area contributed by atoms with E-state index in [2.05, 4.69) is 20.8 Å². The van der Waals surface area contributed by atoms with Gasteiger partial charge in [-0.25, -0.2) is 0 Å². The Morgan fingerprint density at radius 1 is 0.657 bits per heavy atom. The number of rotatable bonds is 23. The monoisotopic (exact) mass is 508 g/mol. The molecule has 0 aromatic heterocycles. The van der Waals surface area contributed by atoms with Gasteiger partial charge in [-0.3, -0.25) is 4.55 Å². The van der Waals surface area contributed by atoms with Crippen LogP contribution < -0.4 is 0 Å². The lowest BCUT2D eigenvalue weighted by molar-refractivity contribution is 0.300. The molecule has 1 aromatic rings. The normalized spacial score (nSPS) is 14.6.